The van der Waals surface area contributed by atoms with Crippen LogP contribution in [0.3, 0.4) is 0 Å². The van der Waals surface area contributed by atoms with Gasteiger partial charge in [0, 0.05) is 6.92 Å². The first-order chi connectivity index (χ1) is 10.4. The molecule has 0 radical (unpaired) electrons. The third kappa shape index (κ3) is 4.28. The van der Waals surface area contributed by atoms with Crippen LogP contribution in [0.4, 0.5) is 0 Å². The van der Waals surface area contributed by atoms with Crippen LogP contribution in [-0.4, -0.2) is 26.9 Å². The Labute approximate surface area is 185 Å². The molecule has 3 nitrogen and oxygen atoms in total. The molecule has 1 N–H and O–H groups in total. The molecule has 3 unspecified atom stereocenters. The highest BCUT2D eigenvalue weighted by molar-refractivity contribution is 9.31. The Morgan fingerprint density at radius 3 is 2.22 bits per heavy atom. The van der Waals surface area contributed by atoms with E-state index in [-0.39, 0.29) is 4.83 Å². The van der Waals surface area contributed by atoms with E-state index < -0.39 is 17.0 Å². The van der Waals surface area contributed by atoms with E-state index in [1.54, 1.807) is 18.2 Å². The van der Waals surface area contributed by atoms with Gasteiger partial charge in [0.05, 0.1) is 4.83 Å². The van der Waals surface area contributed by atoms with Gasteiger partial charge in [0.2, 0.25) is 0 Å². The molecule has 1 aromatic carbocycles. The van der Waals surface area contributed by atoms with Gasteiger partial charge in [-0.25, -0.2) is 0 Å². The number of para-hydroxylation sites is 1. The summed E-state index contributed by atoms with van der Waals surface area (Å²) >= 11 is 21.6. The van der Waals surface area contributed by atoms with Crippen molar-refractivity contribution < 1.29 is 14.6 Å². The molecule has 0 amide bonds. The number of halogens is 6. The molecule has 3 atom stereocenters. The Bertz CT molecular complexity index is 589. The summed E-state index contributed by atoms with van der Waals surface area (Å²) in [5.74, 6) is -1.39. The topological polar surface area (TPSA) is 38.7 Å². The van der Waals surface area contributed by atoms with Crippen molar-refractivity contribution in [3.63, 3.8) is 0 Å². The molecule has 0 bridgehead atoms. The van der Waals surface area contributed by atoms with E-state index >= 15 is 0 Å². The molecule has 0 spiro atoms. The van der Waals surface area contributed by atoms with Crippen LogP contribution in [0.5, 0.6) is 5.75 Å². The van der Waals surface area contributed by atoms with Crippen molar-refractivity contribution in [2.75, 3.05) is 0 Å². The zero-order valence-corrected chi connectivity index (χ0v) is 21.2. The lowest BCUT2D eigenvalue weighted by Crippen LogP contribution is -2.60. The number of aliphatic hydroxyl groups is 1. The fourth-order valence-electron chi connectivity index (χ4n) is 1.94. The predicted molar refractivity (Wildman–Crippen MR) is 113 cm³/mol. The van der Waals surface area contributed by atoms with Crippen molar-refractivity contribution in [2.24, 2.45) is 0 Å². The van der Waals surface area contributed by atoms with Crippen molar-refractivity contribution in [2.45, 2.75) is 28.7 Å². The van der Waals surface area contributed by atoms with Gasteiger partial charge in [-0.2, -0.15) is 0 Å². The second kappa shape index (κ2) is 7.29. The second-order valence-corrected chi connectivity index (χ2v) is 14.2. The average Bonchev–Trinajstić information content (AvgIpc) is 2.43. The number of hydrogen-bond donors (Lipinski definition) is 1. The summed E-state index contributed by atoms with van der Waals surface area (Å²) in [5, 5.41) is 10.6. The van der Waals surface area contributed by atoms with Gasteiger partial charge in [-0.05, 0) is 34.1 Å². The largest absolute Gasteiger partial charge is 0.439 e. The van der Waals surface area contributed by atoms with Crippen molar-refractivity contribution in [3.8, 4) is 5.75 Å². The van der Waals surface area contributed by atoms with Crippen molar-refractivity contribution in [1.82, 2.24) is 0 Å². The highest BCUT2D eigenvalue weighted by atomic mass is 79.9. The van der Waals surface area contributed by atoms with Gasteiger partial charge >= 0.3 is 5.97 Å². The Hall–Kier alpha value is 1.56. The number of benzene rings is 1. The molecule has 0 heterocycles. The molecular formula is C14H12Br6O3. The van der Waals surface area contributed by atoms with Gasteiger partial charge in [0.15, 0.2) is 4.51 Å². The van der Waals surface area contributed by atoms with Crippen LogP contribution < -0.4 is 4.74 Å². The Morgan fingerprint density at radius 1 is 1.09 bits per heavy atom. The summed E-state index contributed by atoms with van der Waals surface area (Å²) in [7, 11) is 0. The fraction of sp³-hybridized carbons (Fsp3) is 0.429. The molecule has 23 heavy (non-hydrogen) atoms. The highest BCUT2D eigenvalue weighted by Gasteiger charge is 2.64. The third-order valence-corrected chi connectivity index (χ3v) is 14.1. The summed E-state index contributed by atoms with van der Waals surface area (Å²) in [6.07, 6.45) is 3.66. The zero-order valence-electron chi connectivity index (χ0n) is 11.7. The number of hydrogen-bond acceptors (Lipinski definition) is 3. The van der Waals surface area contributed by atoms with Crippen LogP contribution in [0, 0.1) is 0 Å². The molecule has 1 aromatic rings. The van der Waals surface area contributed by atoms with E-state index in [1.165, 1.54) is 6.92 Å². The van der Waals surface area contributed by atoms with E-state index in [9.17, 15) is 5.11 Å². The standard InChI is InChI=1S/C14H12Br6O3/c1-11(21,22-9-5-3-2-4-6-9)23-12(16)8-7-10(15)13(17,18)14(12,19)20/h2-8,10,21H,1H3. The molecule has 0 saturated carbocycles. The molecule has 2 rings (SSSR count). The van der Waals surface area contributed by atoms with Crippen LogP contribution in [0.25, 0.3) is 0 Å². The van der Waals surface area contributed by atoms with Crippen molar-refractivity contribution in [3.05, 3.63) is 42.5 Å². The minimum Gasteiger partial charge on any atom is -0.439 e. The first-order valence-electron chi connectivity index (χ1n) is 6.36. The monoisotopic (exact) mass is 702 g/mol. The first kappa shape index (κ1) is 20.9. The molecule has 0 saturated heterocycles. The number of alkyl halides is 6. The smallest absolute Gasteiger partial charge is 0.323 e. The zero-order chi connectivity index (χ0) is 17.5. The minimum atomic E-state index is -1.88. The second-order valence-electron chi connectivity index (χ2n) is 5.02. The first-order valence-corrected chi connectivity index (χ1v) is 11.2. The van der Waals surface area contributed by atoms with E-state index in [2.05, 4.69) is 95.6 Å². The molecular weight excluding hydrogens is 696 g/mol. The van der Waals surface area contributed by atoms with E-state index in [0.29, 0.717) is 5.75 Å². The molecule has 0 fully saturated rings. The van der Waals surface area contributed by atoms with Crippen LogP contribution in [0.1, 0.15) is 6.92 Å². The lowest BCUT2D eigenvalue weighted by atomic mass is 10.0. The van der Waals surface area contributed by atoms with Crippen LogP contribution in [-0.2, 0) is 4.74 Å². The summed E-state index contributed by atoms with van der Waals surface area (Å²) in [6.45, 7) is 1.43. The summed E-state index contributed by atoms with van der Waals surface area (Å²) in [6, 6.07) is 8.96. The third-order valence-electron chi connectivity index (χ3n) is 3.06. The van der Waals surface area contributed by atoms with Crippen LogP contribution >= 0.6 is 95.6 Å². The van der Waals surface area contributed by atoms with Gasteiger partial charge in [-0.15, -0.1) is 0 Å². The molecule has 0 aromatic heterocycles. The predicted octanol–water partition coefficient (Wildman–Crippen LogP) is 6.14. The van der Waals surface area contributed by atoms with Crippen molar-refractivity contribution >= 4 is 95.6 Å². The van der Waals surface area contributed by atoms with Gasteiger partial charge in [0.1, 0.15) is 12.2 Å². The van der Waals surface area contributed by atoms with Gasteiger partial charge in [-0.3, -0.25) is 4.74 Å². The number of rotatable bonds is 4. The minimum absolute atomic E-state index is 0.0528. The number of ether oxygens (including phenoxy) is 2. The summed E-state index contributed by atoms with van der Waals surface area (Å²) < 4.78 is 8.75. The quantitative estimate of drug-likeness (QED) is 0.232. The van der Waals surface area contributed by atoms with Crippen molar-refractivity contribution in [1.29, 1.82) is 0 Å². The molecule has 1 aliphatic rings. The van der Waals surface area contributed by atoms with E-state index in [0.717, 1.165) is 0 Å². The lowest BCUT2D eigenvalue weighted by molar-refractivity contribution is -0.325. The Kier molecular flexibility index (Phi) is 6.61. The fourth-order valence-corrected chi connectivity index (χ4v) is 6.16. The maximum Gasteiger partial charge on any atom is 0.323 e. The molecule has 0 aliphatic heterocycles. The summed E-state index contributed by atoms with van der Waals surface area (Å²) in [4.78, 5) is -0.0528. The van der Waals surface area contributed by atoms with Gasteiger partial charge < -0.3 is 9.84 Å². The average molecular weight is 708 g/mol. The Morgan fingerprint density at radius 2 is 1.65 bits per heavy atom. The van der Waals surface area contributed by atoms with Gasteiger partial charge in [0.25, 0.3) is 0 Å². The van der Waals surface area contributed by atoms with E-state index in [4.69, 9.17) is 9.47 Å². The maximum absolute atomic E-state index is 10.6. The molecule has 1 aliphatic carbocycles. The molecule has 9 heteroatoms. The highest BCUT2D eigenvalue weighted by Crippen LogP contribution is 2.63. The molecule has 128 valence electrons. The van der Waals surface area contributed by atoms with Gasteiger partial charge in [-0.1, -0.05) is 104 Å². The lowest BCUT2D eigenvalue weighted by Gasteiger charge is -2.50. The van der Waals surface area contributed by atoms with Crippen LogP contribution in [0.2, 0.25) is 0 Å². The normalized spacial score (nSPS) is 31.4. The van der Waals surface area contributed by atoms with E-state index in [1.807, 2.05) is 24.3 Å². The summed E-state index contributed by atoms with van der Waals surface area (Å²) in [5.41, 5.74) is 0. The SMILES string of the molecule is CC(O)(Oc1ccccc1)OC1(Br)C=CC(Br)C(Br)(Br)C1(Br)Br. The maximum atomic E-state index is 10.6. The number of allylic oxidation sites excluding steroid dienone is 1. The Balaban J connectivity index is 2.28. The van der Waals surface area contributed by atoms with Crippen LogP contribution in [0.15, 0.2) is 42.5 Å².